The molecule has 4 nitrogen and oxygen atoms in total. The van der Waals surface area contributed by atoms with Gasteiger partial charge in [0.05, 0.1) is 0 Å². The summed E-state index contributed by atoms with van der Waals surface area (Å²) in [5.41, 5.74) is 9.18. The van der Waals surface area contributed by atoms with E-state index in [1.807, 2.05) is 6.26 Å². The molecule has 0 saturated heterocycles. The first-order valence-electron chi connectivity index (χ1n) is 5.60. The van der Waals surface area contributed by atoms with Crippen LogP contribution in [0.2, 0.25) is 0 Å². The molecule has 2 rings (SSSR count). The summed E-state index contributed by atoms with van der Waals surface area (Å²) in [5.74, 6) is 1.19. The first kappa shape index (κ1) is 12.7. The Morgan fingerprint density at radius 2 is 1.72 bits per heavy atom. The van der Waals surface area contributed by atoms with Gasteiger partial charge in [0.15, 0.2) is 5.16 Å². The van der Waals surface area contributed by atoms with Crippen LogP contribution in [0.1, 0.15) is 11.1 Å². The van der Waals surface area contributed by atoms with Crippen molar-refractivity contribution in [2.75, 3.05) is 17.3 Å². The quantitative estimate of drug-likeness (QED) is 0.655. The molecule has 0 aliphatic heterocycles. The Hall–Kier alpha value is -1.75. The number of rotatable bonds is 3. The number of nitrogen functional groups attached to an aromatic ring is 1. The zero-order valence-corrected chi connectivity index (χ0v) is 11.5. The second kappa shape index (κ2) is 5.27. The van der Waals surface area contributed by atoms with Crippen molar-refractivity contribution in [2.45, 2.75) is 19.0 Å². The van der Waals surface area contributed by atoms with Gasteiger partial charge in [-0.2, -0.15) is 0 Å². The zero-order chi connectivity index (χ0) is 13.1. The predicted octanol–water partition coefficient (Wildman–Crippen LogP) is 3.14. The molecule has 18 heavy (non-hydrogen) atoms. The number of thioether (sulfide) groups is 1. The average Bonchev–Trinajstić information content (AvgIpc) is 2.26. The monoisotopic (exact) mass is 260 g/mol. The summed E-state index contributed by atoms with van der Waals surface area (Å²) in [5, 5.41) is 3.93. The van der Waals surface area contributed by atoms with Crippen molar-refractivity contribution in [1.82, 2.24) is 9.97 Å². The van der Waals surface area contributed by atoms with Crippen LogP contribution in [-0.4, -0.2) is 16.2 Å². The number of anilines is 3. The molecule has 94 valence electrons. The van der Waals surface area contributed by atoms with Crippen molar-refractivity contribution in [3.8, 4) is 0 Å². The van der Waals surface area contributed by atoms with Gasteiger partial charge in [0.1, 0.15) is 11.6 Å². The minimum absolute atomic E-state index is 0.473. The second-order valence-electron chi connectivity index (χ2n) is 4.17. The SMILES string of the molecule is CSc1nc(N)cc(Nc2cc(C)cc(C)c2)n1. The maximum atomic E-state index is 5.74. The highest BCUT2D eigenvalue weighted by Gasteiger charge is 2.03. The molecule has 1 heterocycles. The van der Waals surface area contributed by atoms with E-state index in [9.17, 15) is 0 Å². The smallest absolute Gasteiger partial charge is 0.191 e. The molecular weight excluding hydrogens is 244 g/mol. The van der Waals surface area contributed by atoms with Crippen LogP contribution in [0.3, 0.4) is 0 Å². The van der Waals surface area contributed by atoms with Gasteiger partial charge < -0.3 is 11.1 Å². The van der Waals surface area contributed by atoms with E-state index in [-0.39, 0.29) is 0 Å². The van der Waals surface area contributed by atoms with Gasteiger partial charge in [0, 0.05) is 11.8 Å². The minimum Gasteiger partial charge on any atom is -0.383 e. The number of benzene rings is 1. The highest BCUT2D eigenvalue weighted by atomic mass is 32.2. The molecule has 0 saturated carbocycles. The number of aryl methyl sites for hydroxylation is 2. The van der Waals surface area contributed by atoms with Gasteiger partial charge in [-0.05, 0) is 43.4 Å². The number of aromatic nitrogens is 2. The molecule has 0 amide bonds. The highest BCUT2D eigenvalue weighted by Crippen LogP contribution is 2.21. The van der Waals surface area contributed by atoms with Crippen molar-refractivity contribution in [3.63, 3.8) is 0 Å². The summed E-state index contributed by atoms with van der Waals surface area (Å²) in [7, 11) is 0. The zero-order valence-electron chi connectivity index (χ0n) is 10.7. The minimum atomic E-state index is 0.473. The average molecular weight is 260 g/mol. The standard InChI is InChI=1S/C13H16N4S/c1-8-4-9(2)6-10(5-8)15-12-7-11(14)16-13(17-12)18-3/h4-7H,1-3H3,(H3,14,15,16,17). The van der Waals surface area contributed by atoms with Crippen molar-refractivity contribution < 1.29 is 0 Å². The fourth-order valence-electron chi connectivity index (χ4n) is 1.79. The highest BCUT2D eigenvalue weighted by molar-refractivity contribution is 7.98. The van der Waals surface area contributed by atoms with Gasteiger partial charge in [-0.1, -0.05) is 17.8 Å². The van der Waals surface area contributed by atoms with E-state index < -0.39 is 0 Å². The molecule has 0 aliphatic rings. The molecular formula is C13H16N4S. The maximum absolute atomic E-state index is 5.74. The second-order valence-corrected chi connectivity index (χ2v) is 4.94. The number of nitrogens with one attached hydrogen (secondary N) is 1. The number of hydrogen-bond donors (Lipinski definition) is 2. The van der Waals surface area contributed by atoms with Gasteiger partial charge in [-0.15, -0.1) is 0 Å². The third-order valence-corrected chi connectivity index (χ3v) is 2.95. The summed E-state index contributed by atoms with van der Waals surface area (Å²) in [6.45, 7) is 4.14. The van der Waals surface area contributed by atoms with Gasteiger partial charge in [0.25, 0.3) is 0 Å². The first-order valence-corrected chi connectivity index (χ1v) is 6.83. The Labute approximate surface area is 111 Å². The van der Waals surface area contributed by atoms with E-state index >= 15 is 0 Å². The lowest BCUT2D eigenvalue weighted by Gasteiger charge is -2.09. The van der Waals surface area contributed by atoms with Crippen LogP contribution >= 0.6 is 11.8 Å². The molecule has 0 atom stereocenters. The molecule has 5 heteroatoms. The van der Waals surface area contributed by atoms with Crippen LogP contribution in [0.15, 0.2) is 29.4 Å². The van der Waals surface area contributed by atoms with Gasteiger partial charge in [-0.3, -0.25) is 0 Å². The third-order valence-electron chi connectivity index (χ3n) is 2.40. The summed E-state index contributed by atoms with van der Waals surface area (Å²) < 4.78 is 0. The Balaban J connectivity index is 2.30. The lowest BCUT2D eigenvalue weighted by atomic mass is 10.1. The molecule has 0 radical (unpaired) electrons. The van der Waals surface area contributed by atoms with E-state index in [1.54, 1.807) is 6.07 Å². The Morgan fingerprint density at radius 3 is 2.33 bits per heavy atom. The van der Waals surface area contributed by atoms with Gasteiger partial charge in [0.2, 0.25) is 0 Å². The summed E-state index contributed by atoms with van der Waals surface area (Å²) in [6, 6.07) is 8.01. The Morgan fingerprint density at radius 1 is 1.06 bits per heavy atom. The molecule has 1 aromatic carbocycles. The Bertz CT molecular complexity index is 549. The third kappa shape index (κ3) is 3.13. The van der Waals surface area contributed by atoms with E-state index in [2.05, 4.69) is 47.3 Å². The van der Waals surface area contributed by atoms with Crippen LogP contribution in [-0.2, 0) is 0 Å². The molecule has 0 spiro atoms. The summed E-state index contributed by atoms with van der Waals surface area (Å²) >= 11 is 1.47. The molecule has 0 unspecified atom stereocenters. The fraction of sp³-hybridized carbons (Fsp3) is 0.231. The maximum Gasteiger partial charge on any atom is 0.191 e. The normalized spacial score (nSPS) is 10.4. The Kier molecular flexibility index (Phi) is 3.72. The largest absolute Gasteiger partial charge is 0.383 e. The van der Waals surface area contributed by atoms with E-state index in [0.717, 1.165) is 11.5 Å². The topological polar surface area (TPSA) is 63.8 Å². The van der Waals surface area contributed by atoms with Crippen LogP contribution in [0.5, 0.6) is 0 Å². The predicted molar refractivity (Wildman–Crippen MR) is 77.4 cm³/mol. The van der Waals surface area contributed by atoms with Crippen LogP contribution in [0.4, 0.5) is 17.3 Å². The van der Waals surface area contributed by atoms with E-state index in [1.165, 1.54) is 22.9 Å². The molecule has 3 N–H and O–H groups in total. The fourth-order valence-corrected chi connectivity index (χ4v) is 2.18. The van der Waals surface area contributed by atoms with Crippen molar-refractivity contribution in [3.05, 3.63) is 35.4 Å². The van der Waals surface area contributed by atoms with Crippen molar-refractivity contribution in [1.29, 1.82) is 0 Å². The van der Waals surface area contributed by atoms with Crippen molar-refractivity contribution >= 4 is 29.1 Å². The van der Waals surface area contributed by atoms with Gasteiger partial charge >= 0.3 is 0 Å². The first-order chi connectivity index (χ1) is 8.56. The van der Waals surface area contributed by atoms with Crippen LogP contribution < -0.4 is 11.1 Å². The van der Waals surface area contributed by atoms with E-state index in [0.29, 0.717) is 11.0 Å². The lowest BCUT2D eigenvalue weighted by molar-refractivity contribution is 0.984. The van der Waals surface area contributed by atoms with E-state index in [4.69, 9.17) is 5.73 Å². The van der Waals surface area contributed by atoms with Gasteiger partial charge in [-0.25, -0.2) is 9.97 Å². The number of nitrogens with two attached hydrogens (primary N) is 1. The molecule has 0 aliphatic carbocycles. The molecule has 0 fully saturated rings. The molecule has 0 bridgehead atoms. The molecule has 2 aromatic rings. The van der Waals surface area contributed by atoms with Crippen LogP contribution in [0.25, 0.3) is 0 Å². The summed E-state index contributed by atoms with van der Waals surface area (Å²) in [4.78, 5) is 8.49. The summed E-state index contributed by atoms with van der Waals surface area (Å²) in [6.07, 6.45) is 1.93. The number of nitrogens with zero attached hydrogens (tertiary/aromatic N) is 2. The van der Waals surface area contributed by atoms with Crippen molar-refractivity contribution in [2.24, 2.45) is 0 Å². The van der Waals surface area contributed by atoms with Crippen LogP contribution in [0, 0.1) is 13.8 Å². The lowest BCUT2D eigenvalue weighted by Crippen LogP contribution is -2.00. The number of hydrogen-bond acceptors (Lipinski definition) is 5. The molecule has 1 aromatic heterocycles.